The van der Waals surface area contributed by atoms with Crippen LogP contribution in [0.3, 0.4) is 0 Å². The Morgan fingerprint density at radius 3 is 2.70 bits per heavy atom. The van der Waals surface area contributed by atoms with Crippen molar-refractivity contribution in [2.45, 2.75) is 77.7 Å². The van der Waals surface area contributed by atoms with Crippen molar-refractivity contribution < 1.29 is 9.90 Å². The highest BCUT2D eigenvalue weighted by atomic mass is 16.3. The Hall–Kier alpha value is -1.75. The number of carbonyl (C=O) groups excluding carboxylic acids is 1. The minimum Gasteiger partial charge on any atom is -0.393 e. The van der Waals surface area contributed by atoms with E-state index in [-0.39, 0.29) is 17.4 Å². The molecule has 7 atom stereocenters. The monoisotopic (exact) mass is 409 g/mol. The number of rotatable bonds is 2. The molecule has 4 aliphatic rings. The zero-order valence-electron chi connectivity index (χ0n) is 18.3. The summed E-state index contributed by atoms with van der Waals surface area (Å²) in [4.78, 5) is 16.4. The Bertz CT molecular complexity index is 840. The molecular formula is C25H35N3O2. The highest BCUT2D eigenvalue weighted by molar-refractivity contribution is 5.97. The molecule has 1 heterocycles. The molecule has 1 amide bonds. The van der Waals surface area contributed by atoms with Gasteiger partial charge in [0, 0.05) is 29.1 Å². The number of aromatic nitrogens is 1. The highest BCUT2D eigenvalue weighted by Gasteiger charge is 2.59. The Labute approximate surface area is 179 Å². The number of nitrogens with one attached hydrogen (secondary N) is 1. The summed E-state index contributed by atoms with van der Waals surface area (Å²) in [5, 5.41) is 14.9. The average molecular weight is 410 g/mol. The van der Waals surface area contributed by atoms with E-state index in [1.165, 1.54) is 44.2 Å². The first-order valence-electron chi connectivity index (χ1n) is 11.9. The molecule has 0 saturated heterocycles. The van der Waals surface area contributed by atoms with Gasteiger partial charge in [-0.3, -0.25) is 9.78 Å². The number of carbonyl (C=O) groups is 1. The third kappa shape index (κ3) is 3.12. The lowest BCUT2D eigenvalue weighted by molar-refractivity contribution is -0.113. The largest absolute Gasteiger partial charge is 0.393 e. The van der Waals surface area contributed by atoms with Crippen molar-refractivity contribution in [3.8, 4) is 0 Å². The summed E-state index contributed by atoms with van der Waals surface area (Å²) in [6.07, 6.45) is 13.6. The maximum atomic E-state index is 12.5. The van der Waals surface area contributed by atoms with Gasteiger partial charge in [0.1, 0.15) is 0 Å². The molecule has 5 nitrogen and oxygen atoms in total. The Balaban J connectivity index is 1.33. The number of aliphatic hydroxyl groups excluding tert-OH is 1. The van der Waals surface area contributed by atoms with Crippen LogP contribution < -0.4 is 5.43 Å². The summed E-state index contributed by atoms with van der Waals surface area (Å²) in [6.45, 7) is 4.93. The average Bonchev–Trinajstić information content (AvgIpc) is 3.09. The lowest BCUT2D eigenvalue weighted by atomic mass is 9.45. The molecule has 2 N–H and O–H groups in total. The van der Waals surface area contributed by atoms with E-state index in [2.05, 4.69) is 29.4 Å². The molecule has 30 heavy (non-hydrogen) atoms. The normalized spacial score (nSPS) is 44.1. The van der Waals surface area contributed by atoms with E-state index in [0.717, 1.165) is 31.1 Å². The van der Waals surface area contributed by atoms with Crippen LogP contribution in [0.4, 0.5) is 0 Å². The van der Waals surface area contributed by atoms with Crippen molar-refractivity contribution in [3.05, 3.63) is 30.1 Å². The summed E-state index contributed by atoms with van der Waals surface area (Å²) in [7, 11) is 0. The van der Waals surface area contributed by atoms with Crippen LogP contribution in [-0.4, -0.2) is 27.8 Å². The van der Waals surface area contributed by atoms with Crippen LogP contribution in [0.2, 0.25) is 0 Å². The fourth-order valence-electron chi connectivity index (χ4n) is 7.89. The third-order valence-electron chi connectivity index (χ3n) is 9.61. The summed E-state index contributed by atoms with van der Waals surface area (Å²) in [6, 6.07) is 3.44. The number of pyridine rings is 1. The Morgan fingerprint density at radius 2 is 1.90 bits per heavy atom. The minimum absolute atomic E-state index is 0.0808. The van der Waals surface area contributed by atoms with Crippen LogP contribution in [0.25, 0.3) is 0 Å². The molecule has 0 spiro atoms. The molecule has 0 unspecified atom stereocenters. The Kier molecular flexibility index (Phi) is 5.00. The van der Waals surface area contributed by atoms with Gasteiger partial charge in [0.25, 0.3) is 5.91 Å². The topological polar surface area (TPSA) is 74.6 Å². The lowest BCUT2D eigenvalue weighted by Crippen LogP contribution is -2.54. The maximum absolute atomic E-state index is 12.5. The predicted octanol–water partition coefficient (Wildman–Crippen LogP) is 4.57. The lowest BCUT2D eigenvalue weighted by Gasteiger charge is -2.60. The highest BCUT2D eigenvalue weighted by Crippen LogP contribution is 2.65. The summed E-state index contributed by atoms with van der Waals surface area (Å²) in [5.74, 6) is 2.77. The number of nitrogens with zero attached hydrogens (tertiary/aromatic N) is 2. The van der Waals surface area contributed by atoms with Crippen molar-refractivity contribution in [3.63, 3.8) is 0 Å². The first-order valence-corrected chi connectivity index (χ1v) is 11.9. The predicted molar refractivity (Wildman–Crippen MR) is 117 cm³/mol. The number of hydrazone groups is 1. The minimum atomic E-state index is -0.153. The maximum Gasteiger partial charge on any atom is 0.271 e. The number of aliphatic hydroxyl groups is 1. The molecule has 0 bridgehead atoms. The molecule has 5 heteroatoms. The van der Waals surface area contributed by atoms with E-state index in [9.17, 15) is 9.90 Å². The quantitative estimate of drug-likeness (QED) is 0.703. The van der Waals surface area contributed by atoms with Crippen LogP contribution in [0.5, 0.6) is 0 Å². The molecule has 0 aromatic carbocycles. The third-order valence-corrected chi connectivity index (χ3v) is 9.61. The van der Waals surface area contributed by atoms with Gasteiger partial charge < -0.3 is 5.11 Å². The zero-order valence-corrected chi connectivity index (χ0v) is 18.3. The smallest absolute Gasteiger partial charge is 0.271 e. The van der Waals surface area contributed by atoms with Crippen LogP contribution in [0, 0.1) is 34.5 Å². The van der Waals surface area contributed by atoms with E-state index in [1.807, 2.05) is 0 Å². The molecule has 4 fully saturated rings. The van der Waals surface area contributed by atoms with Gasteiger partial charge in [0.2, 0.25) is 0 Å². The van der Waals surface area contributed by atoms with E-state index in [0.29, 0.717) is 22.8 Å². The number of hydrogen-bond acceptors (Lipinski definition) is 4. The second-order valence-corrected chi connectivity index (χ2v) is 10.8. The zero-order chi connectivity index (χ0) is 20.9. The van der Waals surface area contributed by atoms with E-state index in [1.54, 1.807) is 24.5 Å². The molecule has 0 aliphatic heterocycles. The first-order chi connectivity index (χ1) is 14.4. The van der Waals surface area contributed by atoms with Gasteiger partial charge >= 0.3 is 0 Å². The second-order valence-electron chi connectivity index (χ2n) is 10.8. The Morgan fingerprint density at radius 1 is 1.10 bits per heavy atom. The van der Waals surface area contributed by atoms with Gasteiger partial charge in [0.05, 0.1) is 6.10 Å². The molecule has 5 rings (SSSR count). The SMILES string of the molecule is C[C@]12CC[C@H](O)C[C@@H]1CC[C@@H]1[C@H]3CCC(=NNC(=O)c4ccncc4)[C@]3(C)CC[C@@H]12. The fraction of sp³-hybridized carbons (Fsp3) is 0.720. The van der Waals surface area contributed by atoms with Gasteiger partial charge in [-0.2, -0.15) is 5.10 Å². The van der Waals surface area contributed by atoms with Gasteiger partial charge in [-0.05, 0) is 99.0 Å². The van der Waals surface area contributed by atoms with E-state index >= 15 is 0 Å². The van der Waals surface area contributed by atoms with E-state index in [4.69, 9.17) is 0 Å². The van der Waals surface area contributed by atoms with Gasteiger partial charge in [-0.15, -0.1) is 0 Å². The first kappa shape index (κ1) is 20.2. The van der Waals surface area contributed by atoms with Crippen LogP contribution in [0.1, 0.15) is 82.0 Å². The molecule has 0 radical (unpaired) electrons. The molecule has 162 valence electrons. The van der Waals surface area contributed by atoms with Gasteiger partial charge in [-0.25, -0.2) is 5.43 Å². The number of fused-ring (bicyclic) bond motifs is 5. The van der Waals surface area contributed by atoms with E-state index < -0.39 is 0 Å². The molecule has 1 aromatic rings. The van der Waals surface area contributed by atoms with Crippen molar-refractivity contribution in [2.75, 3.05) is 0 Å². The van der Waals surface area contributed by atoms with Crippen molar-refractivity contribution in [1.82, 2.24) is 10.4 Å². The number of hydrogen-bond donors (Lipinski definition) is 2. The molecular weight excluding hydrogens is 374 g/mol. The number of amides is 1. The molecule has 4 aliphatic carbocycles. The second kappa shape index (κ2) is 7.44. The van der Waals surface area contributed by atoms with Crippen molar-refractivity contribution >= 4 is 11.6 Å². The summed E-state index contributed by atoms with van der Waals surface area (Å²) in [5.41, 5.74) is 5.13. The van der Waals surface area contributed by atoms with Crippen LogP contribution in [0.15, 0.2) is 29.6 Å². The molecule has 1 aromatic heterocycles. The van der Waals surface area contributed by atoms with Crippen molar-refractivity contribution in [2.24, 2.45) is 39.6 Å². The van der Waals surface area contributed by atoms with Crippen LogP contribution in [-0.2, 0) is 0 Å². The van der Waals surface area contributed by atoms with Crippen molar-refractivity contribution in [1.29, 1.82) is 0 Å². The van der Waals surface area contributed by atoms with Gasteiger partial charge in [-0.1, -0.05) is 13.8 Å². The standard InChI is InChI=1S/C25H35N3O2/c1-24-11-7-18(29)15-17(24)3-4-19-20-5-6-22(25(20,2)12-8-21(19)24)27-28-23(30)16-9-13-26-14-10-16/h9-10,13-14,17-21,29H,3-8,11-12,15H2,1-2H3,(H,28,30)/t17-,18-,19+,20+,21-,24-,25+/m0/s1. The van der Waals surface area contributed by atoms with Gasteiger partial charge in [0.15, 0.2) is 0 Å². The molecule has 4 saturated carbocycles. The van der Waals surface area contributed by atoms with Crippen LogP contribution >= 0.6 is 0 Å². The summed E-state index contributed by atoms with van der Waals surface area (Å²) < 4.78 is 0. The fourth-order valence-corrected chi connectivity index (χ4v) is 7.89. The summed E-state index contributed by atoms with van der Waals surface area (Å²) >= 11 is 0.